The van der Waals surface area contributed by atoms with Crippen molar-refractivity contribution in [2.24, 2.45) is 5.41 Å². The van der Waals surface area contributed by atoms with E-state index < -0.39 is 0 Å². The first-order valence-electron chi connectivity index (χ1n) is 11.4. The molecule has 4 heteroatoms. The third-order valence-corrected chi connectivity index (χ3v) is 5.29. The van der Waals surface area contributed by atoms with E-state index in [4.69, 9.17) is 11.3 Å². The van der Waals surface area contributed by atoms with Gasteiger partial charge in [-0.05, 0) is 66.6 Å². The molecule has 0 saturated carbocycles. The fourth-order valence-electron chi connectivity index (χ4n) is 3.50. The second-order valence-electron chi connectivity index (χ2n) is 9.02. The van der Waals surface area contributed by atoms with E-state index in [1.165, 1.54) is 0 Å². The zero-order chi connectivity index (χ0) is 25.4. The number of hydrogen-bond donors (Lipinski definition) is 0. The topological polar surface area (TPSA) is 40.6 Å². The zero-order valence-corrected chi connectivity index (χ0v) is 20.6. The van der Waals surface area contributed by atoms with Crippen molar-refractivity contribution in [3.05, 3.63) is 137 Å². The molecule has 174 valence electrons. The minimum Gasteiger partial charge on any atom is -0.461 e. The minimum absolute atomic E-state index is 0.0488. The van der Waals surface area contributed by atoms with E-state index in [1.807, 2.05) is 88.4 Å². The molecular formula is C31H29N3O. The highest BCUT2D eigenvalue weighted by Gasteiger charge is 2.24. The fraction of sp³-hybridized carbons (Fsp3) is 0.161. The van der Waals surface area contributed by atoms with E-state index >= 15 is 0 Å². The lowest BCUT2D eigenvalue weighted by molar-refractivity contribution is 0.223. The van der Waals surface area contributed by atoms with Crippen molar-refractivity contribution >= 4 is 17.5 Å². The Labute approximate surface area is 208 Å². The Morgan fingerprint density at radius 2 is 1.69 bits per heavy atom. The molecule has 1 aliphatic heterocycles. The SMILES string of the molecule is [C-]#[N+]/C(C#N)=C1C=C(/C=C/c2ccc(N(C(=C)/C=C\C)c3ccccc3)cc2)OC(C(C)(C)C)=C/1. The molecule has 0 fully saturated rings. The van der Waals surface area contributed by atoms with Crippen molar-refractivity contribution in [1.29, 1.82) is 5.26 Å². The Balaban J connectivity index is 1.90. The summed E-state index contributed by atoms with van der Waals surface area (Å²) in [5.74, 6) is 1.29. The van der Waals surface area contributed by atoms with Gasteiger partial charge in [0.1, 0.15) is 11.5 Å². The molecular weight excluding hydrogens is 430 g/mol. The third kappa shape index (κ3) is 6.28. The Hall–Kier alpha value is -4.54. The van der Waals surface area contributed by atoms with Crippen LogP contribution in [0.5, 0.6) is 0 Å². The van der Waals surface area contributed by atoms with E-state index in [-0.39, 0.29) is 11.1 Å². The summed E-state index contributed by atoms with van der Waals surface area (Å²) in [7, 11) is 0. The fourth-order valence-corrected chi connectivity index (χ4v) is 3.50. The lowest BCUT2D eigenvalue weighted by Crippen LogP contribution is -2.15. The molecule has 35 heavy (non-hydrogen) atoms. The second kappa shape index (κ2) is 11.1. The van der Waals surface area contributed by atoms with E-state index in [2.05, 4.69) is 40.6 Å². The van der Waals surface area contributed by atoms with Crippen molar-refractivity contribution < 1.29 is 4.74 Å². The first-order valence-corrected chi connectivity index (χ1v) is 11.4. The Morgan fingerprint density at radius 3 is 2.26 bits per heavy atom. The molecule has 0 bridgehead atoms. The third-order valence-electron chi connectivity index (χ3n) is 5.29. The molecule has 1 heterocycles. The molecule has 3 rings (SSSR count). The highest BCUT2D eigenvalue weighted by molar-refractivity contribution is 5.71. The number of nitriles is 1. The molecule has 0 aliphatic carbocycles. The van der Waals surface area contributed by atoms with E-state index in [0.29, 0.717) is 17.1 Å². The van der Waals surface area contributed by atoms with Gasteiger partial charge in [0.2, 0.25) is 0 Å². The standard InChI is InChI=1S/C31H29N3O/c1-7-11-23(2)34(26-12-9-8-10-13-26)27-17-14-24(15-18-27)16-19-28-20-25(29(22-32)33-6)21-30(35-28)31(3,4)5/h7-21H,2H2,1,3-5H3/b11-7-,19-16+,29-25-. The van der Waals surface area contributed by atoms with Gasteiger partial charge in [-0.15, -0.1) is 0 Å². The summed E-state index contributed by atoms with van der Waals surface area (Å²) in [5, 5.41) is 9.33. The quantitative estimate of drug-likeness (QED) is 0.247. The first-order chi connectivity index (χ1) is 16.8. The van der Waals surface area contributed by atoms with Crippen LogP contribution in [0.1, 0.15) is 33.3 Å². The van der Waals surface area contributed by atoms with Crippen LogP contribution in [-0.4, -0.2) is 0 Å². The van der Waals surface area contributed by atoms with Crippen LogP contribution in [0.25, 0.3) is 10.9 Å². The number of ether oxygens (including phenoxy) is 1. The normalized spacial score (nSPS) is 15.0. The summed E-state index contributed by atoms with van der Waals surface area (Å²) in [6, 6.07) is 20.3. The van der Waals surface area contributed by atoms with E-state index in [9.17, 15) is 5.26 Å². The van der Waals surface area contributed by atoms with Crippen molar-refractivity contribution in [3.63, 3.8) is 0 Å². The summed E-state index contributed by atoms with van der Waals surface area (Å²) in [6.07, 6.45) is 11.3. The average Bonchev–Trinajstić information content (AvgIpc) is 2.85. The minimum atomic E-state index is -0.265. The highest BCUT2D eigenvalue weighted by Crippen LogP contribution is 2.35. The lowest BCUT2D eigenvalue weighted by atomic mass is 9.91. The van der Waals surface area contributed by atoms with Gasteiger partial charge in [-0.3, -0.25) is 0 Å². The van der Waals surface area contributed by atoms with Gasteiger partial charge in [0.15, 0.2) is 0 Å². The van der Waals surface area contributed by atoms with Gasteiger partial charge in [0, 0.05) is 22.5 Å². The van der Waals surface area contributed by atoms with E-state index in [0.717, 1.165) is 22.6 Å². The second-order valence-corrected chi connectivity index (χ2v) is 9.02. The van der Waals surface area contributed by atoms with Crippen molar-refractivity contribution in [2.45, 2.75) is 27.7 Å². The molecule has 0 aromatic heterocycles. The number of anilines is 2. The molecule has 1 aliphatic rings. The van der Waals surface area contributed by atoms with Crippen LogP contribution in [0.3, 0.4) is 0 Å². The molecule has 0 N–H and O–H groups in total. The highest BCUT2D eigenvalue weighted by atomic mass is 16.5. The van der Waals surface area contributed by atoms with Gasteiger partial charge in [-0.25, -0.2) is 10.1 Å². The molecule has 0 saturated heterocycles. The monoisotopic (exact) mass is 459 g/mol. The number of allylic oxidation sites excluding steroid dienone is 8. The maximum atomic E-state index is 9.33. The average molecular weight is 460 g/mol. The van der Waals surface area contributed by atoms with Crippen molar-refractivity contribution in [2.75, 3.05) is 4.90 Å². The molecule has 0 unspecified atom stereocenters. The van der Waals surface area contributed by atoms with Gasteiger partial charge < -0.3 is 9.64 Å². The van der Waals surface area contributed by atoms with Crippen LogP contribution < -0.4 is 4.90 Å². The number of benzene rings is 2. The molecule has 0 amide bonds. The summed E-state index contributed by atoms with van der Waals surface area (Å²) in [5.41, 5.74) is 4.25. The molecule has 0 atom stereocenters. The van der Waals surface area contributed by atoms with Crippen LogP contribution in [0.2, 0.25) is 0 Å². The summed E-state index contributed by atoms with van der Waals surface area (Å²) >= 11 is 0. The zero-order valence-electron chi connectivity index (χ0n) is 20.6. The van der Waals surface area contributed by atoms with Crippen LogP contribution in [0.4, 0.5) is 11.4 Å². The molecule has 2 aromatic carbocycles. The van der Waals surface area contributed by atoms with Crippen molar-refractivity contribution in [1.82, 2.24) is 0 Å². The predicted octanol–water partition coefficient (Wildman–Crippen LogP) is 8.47. The van der Waals surface area contributed by atoms with Gasteiger partial charge >= 0.3 is 0 Å². The Bertz CT molecular complexity index is 1300. The van der Waals surface area contributed by atoms with Gasteiger partial charge in [0.25, 0.3) is 5.70 Å². The number of para-hydroxylation sites is 1. The lowest BCUT2D eigenvalue weighted by Gasteiger charge is -2.26. The van der Waals surface area contributed by atoms with Gasteiger partial charge in [-0.2, -0.15) is 0 Å². The van der Waals surface area contributed by atoms with Crippen LogP contribution >= 0.6 is 0 Å². The largest absolute Gasteiger partial charge is 0.461 e. The number of rotatable bonds is 6. The molecule has 2 aromatic rings. The van der Waals surface area contributed by atoms with E-state index in [1.54, 1.807) is 12.2 Å². The Morgan fingerprint density at radius 1 is 1.03 bits per heavy atom. The van der Waals surface area contributed by atoms with Crippen molar-refractivity contribution in [3.8, 4) is 6.07 Å². The van der Waals surface area contributed by atoms with Crippen LogP contribution in [0.15, 0.2) is 120 Å². The summed E-state index contributed by atoms with van der Waals surface area (Å²) in [6.45, 7) is 19.6. The first kappa shape index (κ1) is 25.1. The van der Waals surface area contributed by atoms with Gasteiger partial charge in [-0.1, -0.05) is 69.8 Å². The van der Waals surface area contributed by atoms with Crippen LogP contribution in [-0.2, 0) is 4.74 Å². The Kier molecular flexibility index (Phi) is 7.92. The van der Waals surface area contributed by atoms with Crippen LogP contribution in [0, 0.1) is 23.3 Å². The number of hydrogen-bond acceptors (Lipinski definition) is 3. The molecule has 0 spiro atoms. The maximum Gasteiger partial charge on any atom is 0.269 e. The molecule has 0 radical (unpaired) electrons. The smallest absolute Gasteiger partial charge is 0.269 e. The summed E-state index contributed by atoms with van der Waals surface area (Å²) in [4.78, 5) is 5.46. The maximum absolute atomic E-state index is 9.33. The van der Waals surface area contributed by atoms with Gasteiger partial charge in [0.05, 0.1) is 12.6 Å². The molecule has 4 nitrogen and oxygen atoms in total. The summed E-state index contributed by atoms with van der Waals surface area (Å²) < 4.78 is 6.08. The number of nitrogens with zero attached hydrogens (tertiary/aromatic N) is 3. The predicted molar refractivity (Wildman–Crippen MR) is 144 cm³/mol.